The van der Waals surface area contributed by atoms with Crippen molar-refractivity contribution in [2.75, 3.05) is 13.2 Å². The van der Waals surface area contributed by atoms with Crippen LogP contribution in [0.4, 0.5) is 17.6 Å². The second kappa shape index (κ2) is 7.98. The van der Waals surface area contributed by atoms with E-state index in [1.807, 2.05) is 6.08 Å². The van der Waals surface area contributed by atoms with Gasteiger partial charge in [-0.05, 0) is 69.3 Å². The van der Waals surface area contributed by atoms with Crippen LogP contribution in [0.2, 0.25) is 0 Å². The van der Waals surface area contributed by atoms with E-state index >= 15 is 0 Å². The van der Waals surface area contributed by atoms with Gasteiger partial charge in [0.1, 0.15) is 0 Å². The number of rotatable bonds is 5. The Balaban J connectivity index is 1.64. The van der Waals surface area contributed by atoms with Gasteiger partial charge >= 0.3 is 11.8 Å². The largest absolute Gasteiger partial charge is 0.492 e. The monoisotopic (exact) mass is 388 g/mol. The van der Waals surface area contributed by atoms with E-state index in [0.717, 1.165) is 44.3 Å². The van der Waals surface area contributed by atoms with Crippen molar-refractivity contribution in [3.05, 3.63) is 36.1 Å². The van der Waals surface area contributed by atoms with Crippen LogP contribution in [0.5, 0.6) is 0 Å². The zero-order valence-electron chi connectivity index (χ0n) is 15.7. The summed E-state index contributed by atoms with van der Waals surface area (Å²) in [5, 5.41) is 0. The molecule has 1 saturated carbocycles. The van der Waals surface area contributed by atoms with Gasteiger partial charge in [-0.1, -0.05) is 12.2 Å². The summed E-state index contributed by atoms with van der Waals surface area (Å²) in [6, 6.07) is 0. The van der Waals surface area contributed by atoms with Crippen LogP contribution in [-0.4, -0.2) is 31.2 Å². The Morgan fingerprint density at radius 1 is 1.04 bits per heavy atom. The third-order valence-corrected chi connectivity index (χ3v) is 6.25. The predicted octanol–water partition coefficient (Wildman–Crippen LogP) is 5.91. The van der Waals surface area contributed by atoms with Crippen LogP contribution in [0.1, 0.15) is 45.4 Å². The first-order valence-electron chi connectivity index (χ1n) is 9.86. The number of hydrogen-bond donors (Lipinski definition) is 0. The second-order valence-electron chi connectivity index (χ2n) is 7.80. The van der Waals surface area contributed by atoms with E-state index in [4.69, 9.17) is 9.47 Å². The van der Waals surface area contributed by atoms with Gasteiger partial charge < -0.3 is 9.47 Å². The second-order valence-corrected chi connectivity index (χ2v) is 7.80. The fraction of sp³-hybridized carbons (Fsp3) is 0.714. The quantitative estimate of drug-likeness (QED) is 0.431. The van der Waals surface area contributed by atoms with Crippen LogP contribution >= 0.6 is 0 Å². The maximum atomic E-state index is 14.5. The van der Waals surface area contributed by atoms with Crippen molar-refractivity contribution >= 4 is 0 Å². The molecule has 2 atom stereocenters. The molecule has 1 aliphatic heterocycles. The van der Waals surface area contributed by atoms with E-state index < -0.39 is 29.3 Å². The maximum absolute atomic E-state index is 14.5. The van der Waals surface area contributed by atoms with Crippen LogP contribution in [-0.2, 0) is 9.47 Å². The van der Waals surface area contributed by atoms with Gasteiger partial charge in [-0.2, -0.15) is 17.6 Å². The van der Waals surface area contributed by atoms with Gasteiger partial charge in [0.15, 0.2) is 5.76 Å². The molecule has 1 heterocycles. The zero-order valence-corrected chi connectivity index (χ0v) is 15.7. The molecule has 3 rings (SSSR count). The SMILES string of the molecule is C=CC1CCC(C2CCC(C3=CC=C(OCC)C(F)(F)C3(F)F)OC2)CC1. The number of allylic oxidation sites excluding steroid dienone is 4. The first-order chi connectivity index (χ1) is 12.8. The van der Waals surface area contributed by atoms with Gasteiger partial charge in [0.2, 0.25) is 0 Å². The molecule has 0 amide bonds. The Hall–Kier alpha value is -1.30. The van der Waals surface area contributed by atoms with E-state index in [9.17, 15) is 17.6 Å². The molecule has 0 N–H and O–H groups in total. The average molecular weight is 388 g/mol. The van der Waals surface area contributed by atoms with Gasteiger partial charge in [-0.15, -0.1) is 6.58 Å². The number of hydrogen-bond acceptors (Lipinski definition) is 2. The Kier molecular flexibility index (Phi) is 6.04. The van der Waals surface area contributed by atoms with Crippen LogP contribution in [0.3, 0.4) is 0 Å². The summed E-state index contributed by atoms with van der Waals surface area (Å²) in [5.41, 5.74) is -0.634. The molecule has 6 heteroatoms. The normalized spacial score (nSPS) is 35.7. The summed E-state index contributed by atoms with van der Waals surface area (Å²) in [6.45, 7) is 5.61. The van der Waals surface area contributed by atoms with Crippen LogP contribution in [0, 0.1) is 17.8 Å². The molecule has 0 aromatic heterocycles. The summed E-state index contributed by atoms with van der Waals surface area (Å²) < 4.78 is 67.9. The lowest BCUT2D eigenvalue weighted by molar-refractivity contribution is -0.195. The topological polar surface area (TPSA) is 18.5 Å². The Morgan fingerprint density at radius 3 is 2.26 bits per heavy atom. The molecule has 2 aliphatic carbocycles. The summed E-state index contributed by atoms with van der Waals surface area (Å²) in [5.74, 6) is -8.22. The molecule has 0 radical (unpaired) electrons. The molecule has 1 saturated heterocycles. The smallest absolute Gasteiger partial charge is 0.370 e. The average Bonchev–Trinajstić information content (AvgIpc) is 2.66. The summed E-state index contributed by atoms with van der Waals surface area (Å²) in [7, 11) is 0. The minimum Gasteiger partial charge on any atom is -0.492 e. The van der Waals surface area contributed by atoms with Crippen molar-refractivity contribution in [1.82, 2.24) is 0 Å². The fourth-order valence-electron chi connectivity index (χ4n) is 4.56. The molecule has 152 valence electrons. The Labute approximate surface area is 158 Å². The summed E-state index contributed by atoms with van der Waals surface area (Å²) in [4.78, 5) is 0. The molecule has 0 aromatic rings. The molecule has 2 nitrogen and oxygen atoms in total. The first-order valence-corrected chi connectivity index (χ1v) is 9.86. The van der Waals surface area contributed by atoms with Gasteiger partial charge in [0.05, 0.1) is 19.3 Å². The van der Waals surface area contributed by atoms with Crippen LogP contribution < -0.4 is 0 Å². The summed E-state index contributed by atoms with van der Waals surface area (Å²) >= 11 is 0. The summed E-state index contributed by atoms with van der Waals surface area (Å²) in [6.07, 6.45) is 8.53. The molecule has 3 aliphatic rings. The molecule has 0 spiro atoms. The highest BCUT2D eigenvalue weighted by atomic mass is 19.3. The van der Waals surface area contributed by atoms with E-state index in [2.05, 4.69) is 6.58 Å². The van der Waals surface area contributed by atoms with Gasteiger partial charge in [-0.25, -0.2) is 0 Å². The molecular weight excluding hydrogens is 360 g/mol. The van der Waals surface area contributed by atoms with Crippen molar-refractivity contribution in [3.63, 3.8) is 0 Å². The third-order valence-electron chi connectivity index (χ3n) is 6.25. The zero-order chi connectivity index (χ0) is 19.7. The number of halogens is 4. The Morgan fingerprint density at radius 2 is 1.70 bits per heavy atom. The van der Waals surface area contributed by atoms with Crippen molar-refractivity contribution in [1.29, 1.82) is 0 Å². The fourth-order valence-corrected chi connectivity index (χ4v) is 4.56. The first kappa shape index (κ1) is 20.4. The van der Waals surface area contributed by atoms with Gasteiger partial charge in [0.25, 0.3) is 0 Å². The molecule has 2 fully saturated rings. The van der Waals surface area contributed by atoms with E-state index in [1.165, 1.54) is 6.92 Å². The van der Waals surface area contributed by atoms with Crippen LogP contribution in [0.25, 0.3) is 0 Å². The molecule has 0 bridgehead atoms. The van der Waals surface area contributed by atoms with E-state index in [-0.39, 0.29) is 6.61 Å². The maximum Gasteiger partial charge on any atom is 0.370 e. The van der Waals surface area contributed by atoms with E-state index in [1.54, 1.807) is 0 Å². The molecule has 2 unspecified atom stereocenters. The highest BCUT2D eigenvalue weighted by Gasteiger charge is 2.65. The van der Waals surface area contributed by atoms with Gasteiger partial charge in [-0.3, -0.25) is 0 Å². The lowest BCUT2D eigenvalue weighted by Crippen LogP contribution is -2.50. The van der Waals surface area contributed by atoms with E-state index in [0.29, 0.717) is 30.8 Å². The predicted molar refractivity (Wildman–Crippen MR) is 95.8 cm³/mol. The lowest BCUT2D eigenvalue weighted by atomic mass is 9.73. The van der Waals surface area contributed by atoms with Crippen molar-refractivity contribution < 1.29 is 27.0 Å². The minimum absolute atomic E-state index is 0.0869. The van der Waals surface area contributed by atoms with Crippen molar-refractivity contribution in [3.8, 4) is 0 Å². The minimum atomic E-state index is -4.35. The number of alkyl halides is 4. The highest BCUT2D eigenvalue weighted by Crippen LogP contribution is 2.50. The molecule has 0 aromatic carbocycles. The van der Waals surface area contributed by atoms with Crippen molar-refractivity contribution in [2.45, 2.75) is 63.4 Å². The van der Waals surface area contributed by atoms with Gasteiger partial charge in [0, 0.05) is 5.57 Å². The Bertz CT molecular complexity index is 595. The lowest BCUT2D eigenvalue weighted by Gasteiger charge is -2.40. The third kappa shape index (κ3) is 3.82. The number of ether oxygens (including phenoxy) is 2. The molecule has 27 heavy (non-hydrogen) atoms. The van der Waals surface area contributed by atoms with Crippen molar-refractivity contribution in [2.24, 2.45) is 17.8 Å². The standard InChI is InChI=1S/C21H28F4O2/c1-3-14-5-7-15(8-6-14)16-9-11-18(27-13-16)17-10-12-19(26-4-2)21(24,25)20(17,22)23/h3,10,12,14-16,18H,1,4-9,11,13H2,2H3. The van der Waals surface area contributed by atoms with Crippen LogP contribution in [0.15, 0.2) is 36.1 Å². The molecular formula is C21H28F4O2. The highest BCUT2D eigenvalue weighted by molar-refractivity contribution is 5.37.